The van der Waals surface area contributed by atoms with Gasteiger partial charge in [-0.2, -0.15) is 0 Å². The first-order valence-corrected chi connectivity index (χ1v) is 22.6. The lowest BCUT2D eigenvalue weighted by Crippen LogP contribution is -2.17. The lowest BCUT2D eigenvalue weighted by Gasteiger charge is -2.29. The molecule has 2 aliphatic rings. The van der Waals surface area contributed by atoms with E-state index in [1.807, 2.05) is 45.1 Å². The highest BCUT2D eigenvalue weighted by molar-refractivity contribution is 8.03. The van der Waals surface area contributed by atoms with Crippen molar-refractivity contribution in [2.75, 3.05) is 4.90 Å². The number of nitrogens with zero attached hydrogens (tertiary/aromatic N) is 1. The molecule has 0 N–H and O–H groups in total. The Kier molecular flexibility index (Phi) is 16.0. The second kappa shape index (κ2) is 21.1. The fourth-order valence-corrected chi connectivity index (χ4v) is 8.99. The molecule has 0 amide bonds. The molecular formula is C59H65NS. The van der Waals surface area contributed by atoms with Gasteiger partial charge in [-0.25, -0.2) is 0 Å². The molecule has 0 fully saturated rings. The van der Waals surface area contributed by atoms with Gasteiger partial charge < -0.3 is 4.90 Å². The summed E-state index contributed by atoms with van der Waals surface area (Å²) >= 11 is 1.70. The standard InChI is InChI=1S/C57H59NS.C2H6/c1-12-14-17-23-45(41(6)34-40(5)22-15-13-2)37-44(9)59-56-33-30-47(36-43(56)8)58(46-28-31-50(42(7)35-46)51-25-21-20-24-49(51)39(3)4)48-29-32-53-52-26-18-16-19-27-54(52)57(10,11)55(53)38-48;1-2/h12-15,17-33,35-39H,2,9,16H2,1,3-8,10-11H3;1-2H3/b14-12-,22-15-,23-17-,45-37-;. The average molecular weight is 820 g/mol. The minimum absolute atomic E-state index is 0.118. The Hall–Kier alpha value is -5.79. The number of fused-ring (bicyclic) bond motifs is 2. The van der Waals surface area contributed by atoms with E-state index < -0.39 is 0 Å². The van der Waals surface area contributed by atoms with Crippen molar-refractivity contribution in [3.8, 4) is 11.1 Å². The number of hydrogen-bond donors (Lipinski definition) is 0. The van der Waals surface area contributed by atoms with Gasteiger partial charge in [0.25, 0.3) is 0 Å². The van der Waals surface area contributed by atoms with E-state index in [0.717, 1.165) is 45.1 Å². The largest absolute Gasteiger partial charge is 0.310 e. The van der Waals surface area contributed by atoms with Gasteiger partial charge in [-0.1, -0.05) is 170 Å². The fourth-order valence-electron chi connectivity index (χ4n) is 8.17. The van der Waals surface area contributed by atoms with Gasteiger partial charge in [0.15, 0.2) is 0 Å². The molecule has 61 heavy (non-hydrogen) atoms. The highest BCUT2D eigenvalue weighted by atomic mass is 32.2. The van der Waals surface area contributed by atoms with Crippen LogP contribution in [0.1, 0.15) is 102 Å². The van der Waals surface area contributed by atoms with E-state index in [-0.39, 0.29) is 5.41 Å². The van der Waals surface area contributed by atoms with E-state index in [2.05, 4.69) is 201 Å². The minimum atomic E-state index is -0.118. The van der Waals surface area contributed by atoms with Crippen LogP contribution in [0, 0.1) is 13.8 Å². The molecule has 2 aliphatic carbocycles. The summed E-state index contributed by atoms with van der Waals surface area (Å²) in [7, 11) is 0. The number of aryl methyl sites for hydroxylation is 2. The number of thioether (sulfide) groups is 1. The van der Waals surface area contributed by atoms with Crippen molar-refractivity contribution in [2.45, 2.75) is 98.8 Å². The van der Waals surface area contributed by atoms with Crippen LogP contribution in [0.4, 0.5) is 17.1 Å². The molecule has 0 bridgehead atoms. The van der Waals surface area contributed by atoms with E-state index >= 15 is 0 Å². The van der Waals surface area contributed by atoms with Crippen LogP contribution in [-0.2, 0) is 5.41 Å². The first kappa shape index (κ1) is 46.3. The summed E-state index contributed by atoms with van der Waals surface area (Å²) < 4.78 is 0. The van der Waals surface area contributed by atoms with Crippen LogP contribution in [0.15, 0.2) is 203 Å². The molecule has 6 rings (SSSR count). The third-order valence-electron chi connectivity index (χ3n) is 11.2. The predicted molar refractivity (Wildman–Crippen MR) is 273 cm³/mol. The zero-order valence-electron chi connectivity index (χ0n) is 38.5. The number of rotatable bonds is 13. The Bertz CT molecular complexity index is 2560. The summed E-state index contributed by atoms with van der Waals surface area (Å²) in [5, 5.41) is 0. The van der Waals surface area contributed by atoms with Gasteiger partial charge in [0.2, 0.25) is 0 Å². The second-order valence-electron chi connectivity index (χ2n) is 16.3. The van der Waals surface area contributed by atoms with Crippen molar-refractivity contribution in [1.82, 2.24) is 0 Å². The monoisotopic (exact) mass is 819 g/mol. The number of allylic oxidation sites excluding steroid dienone is 16. The van der Waals surface area contributed by atoms with Gasteiger partial charge >= 0.3 is 0 Å². The summed E-state index contributed by atoms with van der Waals surface area (Å²) in [6.07, 6.45) is 26.4. The Balaban J connectivity index is 0.00000347. The van der Waals surface area contributed by atoms with Crippen molar-refractivity contribution < 1.29 is 0 Å². The molecule has 312 valence electrons. The van der Waals surface area contributed by atoms with Gasteiger partial charge in [-0.15, -0.1) is 5.73 Å². The third-order valence-corrected chi connectivity index (χ3v) is 12.3. The smallest absolute Gasteiger partial charge is 0.0465 e. The van der Waals surface area contributed by atoms with Gasteiger partial charge in [0, 0.05) is 32.3 Å². The minimum Gasteiger partial charge on any atom is -0.310 e. The van der Waals surface area contributed by atoms with Crippen molar-refractivity contribution in [2.24, 2.45) is 0 Å². The molecule has 0 heterocycles. The Labute approximate surface area is 373 Å². The highest BCUT2D eigenvalue weighted by Crippen LogP contribution is 2.50. The van der Waals surface area contributed by atoms with Crippen LogP contribution in [0.25, 0.3) is 16.7 Å². The molecule has 0 atom stereocenters. The van der Waals surface area contributed by atoms with E-state index in [1.165, 1.54) is 55.0 Å². The van der Waals surface area contributed by atoms with Crippen LogP contribution < -0.4 is 4.90 Å². The molecular weight excluding hydrogens is 755 g/mol. The molecule has 0 aromatic heterocycles. The molecule has 0 spiro atoms. The van der Waals surface area contributed by atoms with E-state index in [0.29, 0.717) is 5.92 Å². The maximum absolute atomic E-state index is 4.50. The summed E-state index contributed by atoms with van der Waals surface area (Å²) in [4.78, 5) is 4.57. The van der Waals surface area contributed by atoms with Crippen molar-refractivity contribution in [3.63, 3.8) is 0 Å². The first-order chi connectivity index (χ1) is 29.3. The van der Waals surface area contributed by atoms with Crippen LogP contribution >= 0.6 is 11.8 Å². The molecule has 0 saturated heterocycles. The molecule has 4 aromatic carbocycles. The molecule has 1 nitrogen and oxygen atoms in total. The van der Waals surface area contributed by atoms with E-state index in [9.17, 15) is 0 Å². The van der Waals surface area contributed by atoms with Gasteiger partial charge in [-0.3, -0.25) is 0 Å². The molecule has 2 heteroatoms. The number of anilines is 3. The highest BCUT2D eigenvalue weighted by Gasteiger charge is 2.36. The van der Waals surface area contributed by atoms with Gasteiger partial charge in [0.05, 0.1) is 0 Å². The molecule has 0 unspecified atom stereocenters. The number of hydrogen-bond acceptors (Lipinski definition) is 2. The van der Waals surface area contributed by atoms with Gasteiger partial charge in [-0.05, 0) is 162 Å². The van der Waals surface area contributed by atoms with Crippen LogP contribution in [-0.4, -0.2) is 0 Å². The fraction of sp³-hybridized carbons (Fsp3) is 0.237. The molecule has 0 aliphatic heterocycles. The summed E-state index contributed by atoms with van der Waals surface area (Å²) in [6.45, 7) is 32.2. The van der Waals surface area contributed by atoms with Crippen LogP contribution in [0.3, 0.4) is 0 Å². The van der Waals surface area contributed by atoms with Crippen LogP contribution in [0.2, 0.25) is 0 Å². The lowest BCUT2D eigenvalue weighted by molar-refractivity contribution is 0.654. The Morgan fingerprint density at radius 3 is 2.11 bits per heavy atom. The van der Waals surface area contributed by atoms with E-state index in [4.69, 9.17) is 0 Å². The molecule has 0 saturated carbocycles. The lowest BCUT2D eigenvalue weighted by atomic mass is 9.81. The van der Waals surface area contributed by atoms with Crippen molar-refractivity contribution in [3.05, 3.63) is 226 Å². The summed E-state index contributed by atoms with van der Waals surface area (Å²) in [5.41, 5.74) is 21.8. The quantitative estimate of drug-likeness (QED) is 0.0751. The zero-order valence-corrected chi connectivity index (χ0v) is 39.3. The van der Waals surface area contributed by atoms with Crippen molar-refractivity contribution in [1.29, 1.82) is 0 Å². The summed E-state index contributed by atoms with van der Waals surface area (Å²) in [5.74, 6) is 0.434. The zero-order chi connectivity index (χ0) is 44.3. The van der Waals surface area contributed by atoms with Crippen molar-refractivity contribution >= 4 is 34.4 Å². The number of benzene rings is 4. The maximum Gasteiger partial charge on any atom is 0.0465 e. The van der Waals surface area contributed by atoms with Crippen LogP contribution in [0.5, 0.6) is 0 Å². The topological polar surface area (TPSA) is 3.24 Å². The first-order valence-electron chi connectivity index (χ1n) is 21.8. The van der Waals surface area contributed by atoms with Gasteiger partial charge in [0.1, 0.15) is 0 Å². The second-order valence-corrected chi connectivity index (χ2v) is 17.5. The SMILES string of the molecule is C=C/C=C\C(C)=C=C(C)C(/C=C\C=C/C)=C\C(=C)Sc1ccc(N(c2ccc(-c3ccccc3C(C)C)c(C)c2)c2ccc3c(c2)C(C)(C)C2=C3C=CCC=C2)cc1C.CC. The predicted octanol–water partition coefficient (Wildman–Crippen LogP) is 18.0. The molecule has 0 radical (unpaired) electrons. The van der Waals surface area contributed by atoms with E-state index in [1.54, 1.807) is 17.8 Å². The maximum atomic E-state index is 4.50. The average Bonchev–Trinajstić information content (AvgIpc) is 3.38. The third kappa shape index (κ3) is 10.8. The Morgan fingerprint density at radius 2 is 1.44 bits per heavy atom. The normalized spacial score (nSPS) is 14.2. The summed E-state index contributed by atoms with van der Waals surface area (Å²) in [6, 6.07) is 29.7. The Morgan fingerprint density at radius 1 is 0.787 bits per heavy atom. The molecule has 4 aromatic rings.